The van der Waals surface area contributed by atoms with Crippen LogP contribution in [0.3, 0.4) is 0 Å². The van der Waals surface area contributed by atoms with Gasteiger partial charge in [0.05, 0.1) is 10.4 Å². The Balaban J connectivity index is 1.74. The molecule has 2 amide bonds. The van der Waals surface area contributed by atoms with Crippen LogP contribution in [-0.4, -0.2) is 42.6 Å². The summed E-state index contributed by atoms with van der Waals surface area (Å²) in [6.45, 7) is 3.94. The van der Waals surface area contributed by atoms with E-state index in [1.54, 1.807) is 5.01 Å². The number of hydrogen-bond acceptors (Lipinski definition) is 5. The number of hydrazine groups is 1. The van der Waals surface area contributed by atoms with E-state index in [4.69, 9.17) is 12.2 Å². The van der Waals surface area contributed by atoms with E-state index < -0.39 is 16.9 Å². The number of nitrogens with one attached hydrogen (secondary N) is 2. The molecule has 1 heterocycles. The molecule has 3 N–H and O–H groups in total. The number of thiocarbonyl (C=S) groups is 1. The van der Waals surface area contributed by atoms with E-state index in [0.717, 1.165) is 36.4 Å². The molecule has 0 aromatic heterocycles. The number of nitrogens with zero attached hydrogens (tertiary/aromatic N) is 2. The number of urea groups is 1. The fourth-order valence-electron chi connectivity index (χ4n) is 3.50. The summed E-state index contributed by atoms with van der Waals surface area (Å²) in [6.07, 6.45) is 4.76. The molecular formula is C18H26N4O2S2. The molecule has 0 radical (unpaired) electrons. The molecule has 1 aromatic rings. The number of amides is 2. The van der Waals surface area contributed by atoms with E-state index in [1.807, 2.05) is 44.2 Å². The number of carbonyl (C=O) groups is 1. The van der Waals surface area contributed by atoms with Crippen molar-refractivity contribution < 1.29 is 10.0 Å². The van der Waals surface area contributed by atoms with Gasteiger partial charge in [-0.3, -0.25) is 10.6 Å². The van der Waals surface area contributed by atoms with Crippen LogP contribution < -0.4 is 10.7 Å². The first-order chi connectivity index (χ1) is 12.4. The maximum absolute atomic E-state index is 12.6. The van der Waals surface area contributed by atoms with Crippen LogP contribution in [0.5, 0.6) is 0 Å². The van der Waals surface area contributed by atoms with Crippen LogP contribution in [-0.2, 0) is 0 Å². The van der Waals surface area contributed by atoms with Crippen molar-refractivity contribution in [2.24, 2.45) is 0 Å². The van der Waals surface area contributed by atoms with Gasteiger partial charge in [0.1, 0.15) is 0 Å². The Morgan fingerprint density at radius 1 is 1.27 bits per heavy atom. The van der Waals surface area contributed by atoms with Crippen molar-refractivity contribution in [1.82, 2.24) is 15.4 Å². The first kappa shape index (κ1) is 19.3. The fourth-order valence-corrected chi connectivity index (χ4v) is 5.29. The predicted octanol–water partition coefficient (Wildman–Crippen LogP) is 4.19. The second-order valence-corrected chi connectivity index (χ2v) is 9.61. The molecule has 6 nitrogen and oxygen atoms in total. The Morgan fingerprint density at radius 2 is 1.92 bits per heavy atom. The van der Waals surface area contributed by atoms with Gasteiger partial charge in [-0.25, -0.2) is 9.80 Å². The van der Waals surface area contributed by atoms with Crippen molar-refractivity contribution in [3.8, 4) is 0 Å². The average Bonchev–Trinajstić information content (AvgIpc) is 2.84. The molecule has 1 saturated heterocycles. The lowest BCUT2D eigenvalue weighted by molar-refractivity contribution is -0.115. The lowest BCUT2D eigenvalue weighted by Crippen LogP contribution is -2.59. The highest BCUT2D eigenvalue weighted by Gasteiger charge is 2.50. The molecule has 1 aliphatic carbocycles. The number of anilines is 1. The van der Waals surface area contributed by atoms with Crippen LogP contribution in [0.4, 0.5) is 10.5 Å². The summed E-state index contributed by atoms with van der Waals surface area (Å²) in [6, 6.07) is 9.26. The average molecular weight is 395 g/mol. The van der Waals surface area contributed by atoms with Gasteiger partial charge in [-0.2, -0.15) is 5.06 Å². The summed E-state index contributed by atoms with van der Waals surface area (Å²) in [5.74, 6) is 0. The maximum atomic E-state index is 12.6. The Labute approximate surface area is 164 Å². The summed E-state index contributed by atoms with van der Waals surface area (Å²) in [4.78, 5) is 12.6. The van der Waals surface area contributed by atoms with E-state index in [2.05, 4.69) is 10.7 Å². The lowest BCUT2D eigenvalue weighted by atomic mass is 9.96. The van der Waals surface area contributed by atoms with Crippen molar-refractivity contribution in [1.29, 1.82) is 0 Å². The van der Waals surface area contributed by atoms with Crippen LogP contribution in [0.25, 0.3) is 0 Å². The Morgan fingerprint density at radius 3 is 2.58 bits per heavy atom. The van der Waals surface area contributed by atoms with Crippen molar-refractivity contribution >= 4 is 40.0 Å². The van der Waals surface area contributed by atoms with Gasteiger partial charge in [-0.15, -0.1) is 0 Å². The van der Waals surface area contributed by atoms with Crippen molar-refractivity contribution in [2.75, 3.05) is 5.43 Å². The van der Waals surface area contributed by atoms with Crippen LogP contribution in [0.2, 0.25) is 0 Å². The van der Waals surface area contributed by atoms with Crippen molar-refractivity contribution in [3.63, 3.8) is 0 Å². The zero-order valence-electron chi connectivity index (χ0n) is 15.1. The van der Waals surface area contributed by atoms with Gasteiger partial charge in [0, 0.05) is 6.04 Å². The van der Waals surface area contributed by atoms with Gasteiger partial charge in [0.15, 0.2) is 10.5 Å². The van der Waals surface area contributed by atoms with E-state index in [9.17, 15) is 10.0 Å². The third-order valence-corrected chi connectivity index (χ3v) is 6.36. The third kappa shape index (κ3) is 4.24. The molecule has 8 heteroatoms. The molecule has 0 bridgehead atoms. The van der Waals surface area contributed by atoms with Crippen molar-refractivity contribution in [2.45, 2.75) is 62.9 Å². The second kappa shape index (κ2) is 8.02. The van der Waals surface area contributed by atoms with E-state index in [1.165, 1.54) is 18.2 Å². The molecule has 26 heavy (non-hydrogen) atoms. The van der Waals surface area contributed by atoms with Crippen LogP contribution >= 0.6 is 24.0 Å². The van der Waals surface area contributed by atoms with Gasteiger partial charge in [0.2, 0.25) is 0 Å². The first-order valence-electron chi connectivity index (χ1n) is 9.01. The summed E-state index contributed by atoms with van der Waals surface area (Å²) < 4.78 is 0.130. The molecule has 0 unspecified atom stereocenters. The lowest BCUT2D eigenvalue weighted by Gasteiger charge is -2.37. The fraction of sp³-hybridized carbons (Fsp3) is 0.556. The molecule has 2 aliphatic rings. The number of benzene rings is 1. The molecule has 3 rings (SSSR count). The topological polar surface area (TPSA) is 67.8 Å². The second-order valence-electron chi connectivity index (χ2n) is 7.32. The third-order valence-electron chi connectivity index (χ3n) is 4.81. The Bertz CT molecular complexity index is 650. The predicted molar refractivity (Wildman–Crippen MR) is 109 cm³/mol. The highest BCUT2D eigenvalue weighted by atomic mass is 32.2. The number of rotatable bonds is 4. The Hall–Kier alpha value is -1.51. The smallest absolute Gasteiger partial charge is 0.333 e. The molecule has 1 atom stereocenters. The number of hydroxylamine groups is 2. The summed E-state index contributed by atoms with van der Waals surface area (Å²) in [5, 5.41) is 16.2. The minimum absolute atomic E-state index is 0.130. The highest BCUT2D eigenvalue weighted by molar-refractivity contribution is 8.24. The van der Waals surface area contributed by atoms with E-state index >= 15 is 0 Å². The standard InChI is InChI=1S/C18H26N4O2S2/c1-18(2)15(22(24)16(23)19-13-9-5-3-6-10-13)21(17(25)26-18)20-14-11-7-4-8-12-14/h4,7-8,11-13,15,20,24H,3,5-6,9-10H2,1-2H3,(H,19,23)/t15-/m0/s1. The van der Waals surface area contributed by atoms with E-state index in [0.29, 0.717) is 4.32 Å². The maximum Gasteiger partial charge on any atom is 0.343 e. The molecule has 2 fully saturated rings. The van der Waals surface area contributed by atoms with E-state index in [-0.39, 0.29) is 6.04 Å². The van der Waals surface area contributed by atoms with Crippen LogP contribution in [0, 0.1) is 0 Å². The molecule has 1 aromatic carbocycles. The summed E-state index contributed by atoms with van der Waals surface area (Å²) >= 11 is 6.95. The monoisotopic (exact) mass is 394 g/mol. The summed E-state index contributed by atoms with van der Waals surface area (Å²) in [5.41, 5.74) is 4.07. The zero-order chi connectivity index (χ0) is 18.7. The zero-order valence-corrected chi connectivity index (χ0v) is 16.8. The van der Waals surface area contributed by atoms with Gasteiger partial charge >= 0.3 is 6.03 Å². The first-order valence-corrected chi connectivity index (χ1v) is 10.2. The highest BCUT2D eigenvalue weighted by Crippen LogP contribution is 2.42. The minimum Gasteiger partial charge on any atom is -0.333 e. The molecule has 142 valence electrons. The Kier molecular flexibility index (Phi) is 5.94. The molecular weight excluding hydrogens is 368 g/mol. The van der Waals surface area contributed by atoms with Crippen LogP contribution in [0.15, 0.2) is 30.3 Å². The molecule has 1 aliphatic heterocycles. The number of hydrogen-bond donors (Lipinski definition) is 3. The largest absolute Gasteiger partial charge is 0.343 e. The minimum atomic E-state index is -0.621. The molecule has 1 saturated carbocycles. The number of thioether (sulfide) groups is 1. The van der Waals surface area contributed by atoms with Gasteiger partial charge in [0.25, 0.3) is 0 Å². The van der Waals surface area contributed by atoms with Gasteiger partial charge in [-0.1, -0.05) is 61.4 Å². The SMILES string of the molecule is CC1(C)SC(=S)N(Nc2ccccc2)[C@H]1N(O)C(=O)NC1CCCCC1. The van der Waals surface area contributed by atoms with Gasteiger partial charge in [-0.05, 0) is 38.8 Å². The number of carbonyl (C=O) groups excluding carboxylic acids is 1. The normalized spacial score (nSPS) is 23.0. The van der Waals surface area contributed by atoms with Crippen LogP contribution in [0.1, 0.15) is 46.0 Å². The molecule has 0 spiro atoms. The quantitative estimate of drug-likeness (QED) is 0.404. The summed E-state index contributed by atoms with van der Waals surface area (Å²) in [7, 11) is 0. The van der Waals surface area contributed by atoms with Gasteiger partial charge < -0.3 is 5.32 Å². The number of para-hydroxylation sites is 1. The van der Waals surface area contributed by atoms with Crippen molar-refractivity contribution in [3.05, 3.63) is 30.3 Å².